The van der Waals surface area contributed by atoms with Gasteiger partial charge in [0.15, 0.2) is 0 Å². The SMILES string of the molecule is COC(=O)c1ccc(OC)c(NS(=O)(=O)c2c(C)c(C)c(C)c(C)c2C)c1. The summed E-state index contributed by atoms with van der Waals surface area (Å²) in [5.41, 5.74) is 4.75. The second-order valence-corrected chi connectivity index (χ2v) is 8.09. The van der Waals surface area contributed by atoms with Crippen molar-refractivity contribution in [2.75, 3.05) is 18.9 Å². The fraction of sp³-hybridized carbons (Fsp3) is 0.350. The normalized spacial score (nSPS) is 11.2. The zero-order valence-electron chi connectivity index (χ0n) is 16.7. The quantitative estimate of drug-likeness (QED) is 0.784. The van der Waals surface area contributed by atoms with E-state index in [0.717, 1.165) is 16.7 Å². The molecule has 0 aliphatic rings. The number of esters is 1. The summed E-state index contributed by atoms with van der Waals surface area (Å²) in [6.07, 6.45) is 0. The molecule has 0 saturated carbocycles. The van der Waals surface area contributed by atoms with Crippen LogP contribution in [0, 0.1) is 34.6 Å². The smallest absolute Gasteiger partial charge is 0.337 e. The third kappa shape index (κ3) is 3.78. The molecule has 0 bridgehead atoms. The summed E-state index contributed by atoms with van der Waals surface area (Å²) in [7, 11) is -1.20. The number of hydrogen-bond donors (Lipinski definition) is 1. The van der Waals surface area contributed by atoms with Gasteiger partial charge in [0, 0.05) is 0 Å². The van der Waals surface area contributed by atoms with Crippen LogP contribution in [0.15, 0.2) is 23.1 Å². The minimum absolute atomic E-state index is 0.176. The first-order valence-electron chi connectivity index (χ1n) is 8.41. The summed E-state index contributed by atoms with van der Waals surface area (Å²) in [6, 6.07) is 4.44. The van der Waals surface area contributed by atoms with Gasteiger partial charge in [-0.05, 0) is 80.6 Å². The van der Waals surface area contributed by atoms with Crippen molar-refractivity contribution in [3.05, 3.63) is 51.6 Å². The summed E-state index contributed by atoms with van der Waals surface area (Å²) in [5.74, 6) is -0.255. The van der Waals surface area contributed by atoms with Gasteiger partial charge < -0.3 is 9.47 Å². The Bertz CT molecular complexity index is 981. The van der Waals surface area contributed by atoms with Crippen molar-refractivity contribution in [1.29, 1.82) is 0 Å². The lowest BCUT2D eigenvalue weighted by Gasteiger charge is -2.20. The third-order valence-corrected chi connectivity index (χ3v) is 6.70. The largest absolute Gasteiger partial charge is 0.495 e. The van der Waals surface area contributed by atoms with Crippen molar-refractivity contribution in [3.63, 3.8) is 0 Å². The van der Waals surface area contributed by atoms with E-state index in [0.29, 0.717) is 16.9 Å². The van der Waals surface area contributed by atoms with Crippen molar-refractivity contribution in [2.45, 2.75) is 39.5 Å². The van der Waals surface area contributed by atoms with Gasteiger partial charge in [0.05, 0.1) is 30.4 Å². The first kappa shape index (κ1) is 20.8. The van der Waals surface area contributed by atoms with Crippen LogP contribution < -0.4 is 9.46 Å². The molecular formula is C20H25NO5S. The Morgan fingerprint density at radius 1 is 0.889 bits per heavy atom. The molecule has 1 N–H and O–H groups in total. The number of rotatable bonds is 5. The predicted octanol–water partition coefficient (Wildman–Crippen LogP) is 3.82. The molecule has 0 fully saturated rings. The second kappa shape index (κ2) is 7.60. The standard InChI is InChI=1S/C20H25NO5S/c1-11-12(2)14(4)19(15(5)13(11)3)27(23,24)21-17-10-16(20(22)26-7)8-9-18(17)25-6/h8-10,21H,1-7H3. The molecule has 0 radical (unpaired) electrons. The van der Waals surface area contributed by atoms with E-state index in [1.54, 1.807) is 13.8 Å². The van der Waals surface area contributed by atoms with E-state index >= 15 is 0 Å². The summed E-state index contributed by atoms with van der Waals surface area (Å²) < 4.78 is 38.9. The van der Waals surface area contributed by atoms with Crippen LogP contribution in [0.4, 0.5) is 5.69 Å². The van der Waals surface area contributed by atoms with Crippen molar-refractivity contribution in [2.24, 2.45) is 0 Å². The molecule has 0 atom stereocenters. The molecule has 27 heavy (non-hydrogen) atoms. The van der Waals surface area contributed by atoms with Crippen molar-refractivity contribution in [3.8, 4) is 5.75 Å². The lowest BCUT2D eigenvalue weighted by atomic mass is 9.95. The molecule has 7 heteroatoms. The van der Waals surface area contributed by atoms with E-state index in [9.17, 15) is 13.2 Å². The molecule has 6 nitrogen and oxygen atoms in total. The number of nitrogens with one attached hydrogen (secondary N) is 1. The molecule has 2 aromatic carbocycles. The number of sulfonamides is 1. The van der Waals surface area contributed by atoms with Crippen molar-refractivity contribution in [1.82, 2.24) is 0 Å². The number of anilines is 1. The van der Waals surface area contributed by atoms with E-state index in [2.05, 4.69) is 4.72 Å². The first-order valence-corrected chi connectivity index (χ1v) is 9.89. The van der Waals surface area contributed by atoms with Crippen molar-refractivity contribution >= 4 is 21.7 Å². The fourth-order valence-corrected chi connectivity index (χ4v) is 4.76. The lowest BCUT2D eigenvalue weighted by molar-refractivity contribution is 0.0600. The zero-order valence-corrected chi connectivity index (χ0v) is 17.5. The maximum Gasteiger partial charge on any atom is 0.337 e. The summed E-state index contributed by atoms with van der Waals surface area (Å²) in [5, 5.41) is 0. The Balaban J connectivity index is 2.63. The van der Waals surface area contributed by atoms with E-state index < -0.39 is 16.0 Å². The van der Waals surface area contributed by atoms with Crippen molar-refractivity contribution < 1.29 is 22.7 Å². The maximum atomic E-state index is 13.2. The lowest BCUT2D eigenvalue weighted by Crippen LogP contribution is -2.18. The molecule has 0 aliphatic carbocycles. The van der Waals surface area contributed by atoms with Gasteiger partial charge in [-0.2, -0.15) is 0 Å². The van der Waals surface area contributed by atoms with Crippen LogP contribution in [0.2, 0.25) is 0 Å². The number of benzene rings is 2. The molecule has 0 amide bonds. The molecule has 2 aromatic rings. The molecule has 0 heterocycles. The van der Waals surface area contributed by atoms with Gasteiger partial charge in [0.1, 0.15) is 5.75 Å². The Hall–Kier alpha value is -2.54. The van der Waals surface area contributed by atoms with Crippen LogP contribution >= 0.6 is 0 Å². The summed E-state index contributed by atoms with van der Waals surface area (Å²) in [6.45, 7) is 9.40. The van der Waals surface area contributed by atoms with Gasteiger partial charge >= 0.3 is 5.97 Å². The van der Waals surface area contributed by atoms with Crippen LogP contribution in [-0.2, 0) is 14.8 Å². The molecule has 0 aliphatic heterocycles. The number of carbonyl (C=O) groups excluding carboxylic acids is 1. The maximum absolute atomic E-state index is 13.2. The third-order valence-electron chi connectivity index (χ3n) is 5.06. The van der Waals surface area contributed by atoms with Crippen LogP contribution in [0.25, 0.3) is 0 Å². The van der Waals surface area contributed by atoms with Gasteiger partial charge in [0.2, 0.25) is 0 Å². The number of carbonyl (C=O) groups is 1. The molecule has 0 unspecified atom stereocenters. The average Bonchev–Trinajstić information content (AvgIpc) is 2.63. The minimum atomic E-state index is -3.90. The van der Waals surface area contributed by atoms with Crippen LogP contribution in [-0.4, -0.2) is 28.6 Å². The van der Waals surface area contributed by atoms with Gasteiger partial charge in [0.25, 0.3) is 10.0 Å². The fourth-order valence-electron chi connectivity index (χ4n) is 3.10. The first-order chi connectivity index (χ1) is 12.5. The highest BCUT2D eigenvalue weighted by atomic mass is 32.2. The summed E-state index contributed by atoms with van der Waals surface area (Å²) >= 11 is 0. The number of ether oxygens (including phenoxy) is 2. The molecule has 146 valence electrons. The Morgan fingerprint density at radius 2 is 1.41 bits per heavy atom. The van der Waals surface area contributed by atoms with Crippen LogP contribution in [0.1, 0.15) is 38.2 Å². The Kier molecular flexibility index (Phi) is 5.85. The van der Waals surface area contributed by atoms with Gasteiger partial charge in [-0.15, -0.1) is 0 Å². The predicted molar refractivity (Wildman–Crippen MR) is 105 cm³/mol. The Labute approximate surface area is 160 Å². The highest BCUT2D eigenvalue weighted by molar-refractivity contribution is 7.92. The molecule has 0 saturated heterocycles. The van der Waals surface area contributed by atoms with Gasteiger partial charge in [-0.25, -0.2) is 13.2 Å². The topological polar surface area (TPSA) is 81.7 Å². The molecule has 0 aromatic heterocycles. The monoisotopic (exact) mass is 391 g/mol. The molecule has 2 rings (SSSR count). The highest BCUT2D eigenvalue weighted by Gasteiger charge is 2.25. The van der Waals surface area contributed by atoms with Crippen LogP contribution in [0.3, 0.4) is 0 Å². The van der Waals surface area contributed by atoms with Crippen LogP contribution in [0.5, 0.6) is 5.75 Å². The minimum Gasteiger partial charge on any atom is -0.495 e. The second-order valence-electron chi connectivity index (χ2n) is 6.47. The molecule has 0 spiro atoms. The van der Waals surface area contributed by atoms with E-state index in [4.69, 9.17) is 9.47 Å². The highest BCUT2D eigenvalue weighted by Crippen LogP contribution is 2.33. The Morgan fingerprint density at radius 3 is 1.89 bits per heavy atom. The zero-order chi connectivity index (χ0) is 20.5. The number of methoxy groups -OCH3 is 2. The average molecular weight is 391 g/mol. The van der Waals surface area contributed by atoms with Gasteiger partial charge in [-0.3, -0.25) is 4.72 Å². The van der Waals surface area contributed by atoms with E-state index in [1.165, 1.54) is 32.4 Å². The van der Waals surface area contributed by atoms with Gasteiger partial charge in [-0.1, -0.05) is 0 Å². The van der Waals surface area contributed by atoms with E-state index in [1.807, 2.05) is 20.8 Å². The number of hydrogen-bond acceptors (Lipinski definition) is 5. The molecular weight excluding hydrogens is 366 g/mol. The van der Waals surface area contributed by atoms with E-state index in [-0.39, 0.29) is 16.1 Å². The summed E-state index contributed by atoms with van der Waals surface area (Å²) in [4.78, 5) is 12.0.